The van der Waals surface area contributed by atoms with Gasteiger partial charge in [-0.25, -0.2) is 4.79 Å². The van der Waals surface area contributed by atoms with Gasteiger partial charge in [-0.2, -0.15) is 0 Å². The van der Waals surface area contributed by atoms with Crippen LogP contribution in [0.5, 0.6) is 0 Å². The van der Waals surface area contributed by atoms with E-state index < -0.39 is 5.60 Å². The van der Waals surface area contributed by atoms with E-state index in [0.717, 1.165) is 26.2 Å². The molecule has 2 rings (SSSR count). The van der Waals surface area contributed by atoms with Crippen molar-refractivity contribution in [1.29, 1.82) is 0 Å². The highest BCUT2D eigenvalue weighted by molar-refractivity contribution is 14.1. The van der Waals surface area contributed by atoms with E-state index in [1.807, 2.05) is 25.7 Å². The van der Waals surface area contributed by atoms with Gasteiger partial charge in [0.1, 0.15) is 5.60 Å². The number of halogens is 1. The maximum absolute atomic E-state index is 12.2. The van der Waals surface area contributed by atoms with Crippen molar-refractivity contribution >= 4 is 28.7 Å². The zero-order valence-electron chi connectivity index (χ0n) is 13.8. The molecule has 1 heterocycles. The van der Waals surface area contributed by atoms with Crippen LogP contribution in [-0.2, 0) is 11.3 Å². The SMILES string of the molecule is CC1CN(Cc2cccc(I)c2)CCN1C(=O)OC(C)(C)C. The average Bonchev–Trinajstić information content (AvgIpc) is 2.36. The van der Waals surface area contributed by atoms with Crippen molar-refractivity contribution in [2.45, 2.75) is 45.9 Å². The van der Waals surface area contributed by atoms with Crippen LogP contribution >= 0.6 is 22.6 Å². The first-order chi connectivity index (χ1) is 10.2. The molecule has 0 spiro atoms. The van der Waals surface area contributed by atoms with E-state index in [1.54, 1.807) is 0 Å². The molecule has 1 aromatic carbocycles. The molecule has 1 aliphatic rings. The van der Waals surface area contributed by atoms with E-state index in [9.17, 15) is 4.79 Å². The van der Waals surface area contributed by atoms with Crippen molar-refractivity contribution < 1.29 is 9.53 Å². The Morgan fingerprint density at radius 3 is 2.68 bits per heavy atom. The summed E-state index contributed by atoms with van der Waals surface area (Å²) in [5, 5.41) is 0. The number of nitrogens with zero attached hydrogens (tertiary/aromatic N) is 2. The van der Waals surface area contributed by atoms with Crippen LogP contribution in [0.4, 0.5) is 4.79 Å². The molecule has 22 heavy (non-hydrogen) atoms. The molecule has 1 atom stereocenters. The number of ether oxygens (including phenoxy) is 1. The zero-order chi connectivity index (χ0) is 16.3. The summed E-state index contributed by atoms with van der Waals surface area (Å²) in [7, 11) is 0. The summed E-state index contributed by atoms with van der Waals surface area (Å²) in [5.41, 5.74) is 0.888. The third kappa shape index (κ3) is 5.12. The maximum atomic E-state index is 12.2. The summed E-state index contributed by atoms with van der Waals surface area (Å²) in [4.78, 5) is 16.5. The number of benzene rings is 1. The normalized spacial score (nSPS) is 20.0. The molecule has 1 unspecified atom stereocenters. The molecule has 1 aliphatic heterocycles. The highest BCUT2D eigenvalue weighted by Crippen LogP contribution is 2.18. The van der Waals surface area contributed by atoms with Crippen LogP contribution in [0, 0.1) is 3.57 Å². The summed E-state index contributed by atoms with van der Waals surface area (Å²) >= 11 is 2.34. The fraction of sp³-hybridized carbons (Fsp3) is 0.588. The third-order valence-corrected chi connectivity index (χ3v) is 4.31. The Hall–Kier alpha value is -0.820. The number of hydrogen-bond acceptors (Lipinski definition) is 3. The molecular weight excluding hydrogens is 391 g/mol. The lowest BCUT2D eigenvalue weighted by Gasteiger charge is -2.40. The van der Waals surface area contributed by atoms with E-state index in [1.165, 1.54) is 9.13 Å². The van der Waals surface area contributed by atoms with Gasteiger partial charge in [-0.15, -0.1) is 0 Å². The molecule has 0 aliphatic carbocycles. The molecule has 5 heteroatoms. The Labute approximate surface area is 146 Å². The topological polar surface area (TPSA) is 32.8 Å². The van der Waals surface area contributed by atoms with Crippen molar-refractivity contribution in [3.63, 3.8) is 0 Å². The lowest BCUT2D eigenvalue weighted by Crippen LogP contribution is -2.54. The lowest BCUT2D eigenvalue weighted by atomic mass is 10.1. The second-order valence-corrected chi connectivity index (χ2v) is 8.13. The first-order valence-electron chi connectivity index (χ1n) is 7.71. The van der Waals surface area contributed by atoms with Gasteiger partial charge in [-0.1, -0.05) is 12.1 Å². The molecule has 122 valence electrons. The first kappa shape index (κ1) is 17.5. The molecule has 0 saturated carbocycles. The second kappa shape index (κ2) is 7.17. The molecule has 1 fully saturated rings. The Morgan fingerprint density at radius 2 is 2.09 bits per heavy atom. The Bertz CT molecular complexity index is 528. The van der Waals surface area contributed by atoms with E-state index in [4.69, 9.17) is 4.74 Å². The average molecular weight is 416 g/mol. The minimum Gasteiger partial charge on any atom is -0.444 e. The summed E-state index contributed by atoms with van der Waals surface area (Å²) < 4.78 is 6.74. The quantitative estimate of drug-likeness (QED) is 0.689. The largest absolute Gasteiger partial charge is 0.444 e. The van der Waals surface area contributed by atoms with E-state index in [0.29, 0.717) is 0 Å². The molecule has 4 nitrogen and oxygen atoms in total. The van der Waals surface area contributed by atoms with Crippen LogP contribution in [-0.4, -0.2) is 47.2 Å². The van der Waals surface area contributed by atoms with Crippen molar-refractivity contribution in [3.8, 4) is 0 Å². The smallest absolute Gasteiger partial charge is 0.410 e. The summed E-state index contributed by atoms with van der Waals surface area (Å²) in [6.45, 7) is 11.2. The van der Waals surface area contributed by atoms with Gasteiger partial charge in [0.2, 0.25) is 0 Å². The van der Waals surface area contributed by atoms with Crippen molar-refractivity contribution in [2.75, 3.05) is 19.6 Å². The van der Waals surface area contributed by atoms with Crippen LogP contribution in [0.15, 0.2) is 24.3 Å². The Morgan fingerprint density at radius 1 is 1.36 bits per heavy atom. The van der Waals surface area contributed by atoms with Crippen molar-refractivity contribution in [3.05, 3.63) is 33.4 Å². The number of rotatable bonds is 2. The zero-order valence-corrected chi connectivity index (χ0v) is 16.0. The molecule has 0 N–H and O–H groups in total. The third-order valence-electron chi connectivity index (χ3n) is 3.63. The fourth-order valence-corrected chi connectivity index (χ4v) is 3.27. The van der Waals surface area contributed by atoms with Crippen LogP contribution in [0.3, 0.4) is 0 Å². The van der Waals surface area contributed by atoms with Crippen molar-refractivity contribution in [2.24, 2.45) is 0 Å². The minimum atomic E-state index is -0.436. The van der Waals surface area contributed by atoms with Gasteiger partial charge in [0.15, 0.2) is 0 Å². The molecule has 1 aromatic rings. The highest BCUT2D eigenvalue weighted by Gasteiger charge is 2.30. The monoisotopic (exact) mass is 416 g/mol. The molecular formula is C17H25IN2O2. The molecule has 0 aromatic heterocycles. The number of piperazine rings is 1. The van der Waals surface area contributed by atoms with Gasteiger partial charge < -0.3 is 9.64 Å². The van der Waals surface area contributed by atoms with E-state index >= 15 is 0 Å². The highest BCUT2D eigenvalue weighted by atomic mass is 127. The standard InChI is InChI=1S/C17H25IN2O2/c1-13-11-19(12-14-6-5-7-15(18)10-14)8-9-20(13)16(21)22-17(2,3)4/h5-7,10,13H,8-9,11-12H2,1-4H3. The van der Waals surface area contributed by atoms with Gasteiger partial charge >= 0.3 is 6.09 Å². The van der Waals surface area contributed by atoms with Crippen LogP contribution in [0.2, 0.25) is 0 Å². The van der Waals surface area contributed by atoms with Crippen LogP contribution < -0.4 is 0 Å². The Kier molecular flexibility index (Phi) is 5.71. The molecule has 1 amide bonds. The van der Waals surface area contributed by atoms with Gasteiger partial charge in [0, 0.05) is 35.8 Å². The van der Waals surface area contributed by atoms with Gasteiger partial charge in [0.25, 0.3) is 0 Å². The van der Waals surface area contributed by atoms with Crippen molar-refractivity contribution in [1.82, 2.24) is 9.80 Å². The molecule has 0 radical (unpaired) electrons. The fourth-order valence-electron chi connectivity index (χ4n) is 2.66. The molecule has 1 saturated heterocycles. The number of carbonyl (C=O) groups is 1. The van der Waals surface area contributed by atoms with Crippen LogP contribution in [0.1, 0.15) is 33.3 Å². The van der Waals surface area contributed by atoms with Crippen LogP contribution in [0.25, 0.3) is 0 Å². The van der Waals surface area contributed by atoms with Gasteiger partial charge in [-0.05, 0) is 68.0 Å². The second-order valence-electron chi connectivity index (χ2n) is 6.89. The first-order valence-corrected chi connectivity index (χ1v) is 8.79. The maximum Gasteiger partial charge on any atom is 0.410 e. The van der Waals surface area contributed by atoms with E-state index in [2.05, 4.69) is 58.7 Å². The Balaban J connectivity index is 1.91. The number of hydrogen-bond donors (Lipinski definition) is 0. The predicted octanol–water partition coefficient (Wildman–Crippen LogP) is 3.73. The van der Waals surface area contributed by atoms with Gasteiger partial charge in [0.05, 0.1) is 0 Å². The van der Waals surface area contributed by atoms with E-state index in [-0.39, 0.29) is 12.1 Å². The summed E-state index contributed by atoms with van der Waals surface area (Å²) in [5.74, 6) is 0. The molecule has 0 bridgehead atoms. The predicted molar refractivity (Wildman–Crippen MR) is 96.8 cm³/mol. The summed E-state index contributed by atoms with van der Waals surface area (Å²) in [6, 6.07) is 8.75. The number of carbonyl (C=O) groups excluding carboxylic acids is 1. The minimum absolute atomic E-state index is 0.173. The number of amides is 1. The van der Waals surface area contributed by atoms with Gasteiger partial charge in [-0.3, -0.25) is 4.90 Å². The summed E-state index contributed by atoms with van der Waals surface area (Å²) in [6.07, 6.45) is -0.200. The lowest BCUT2D eigenvalue weighted by molar-refractivity contribution is 0.000562.